The van der Waals surface area contributed by atoms with E-state index in [1.54, 1.807) is 18.2 Å². The third-order valence-electron chi connectivity index (χ3n) is 6.02. The van der Waals surface area contributed by atoms with Gasteiger partial charge in [-0.1, -0.05) is 58.7 Å². The van der Waals surface area contributed by atoms with E-state index < -0.39 is 23.7 Å². The largest absolute Gasteiger partial charge is 0.366 e. The Bertz CT molecular complexity index is 1530. The van der Waals surface area contributed by atoms with Gasteiger partial charge in [0.15, 0.2) is 18.6 Å². The molecular weight excluding hydrogens is 564 g/mol. The van der Waals surface area contributed by atoms with Crippen LogP contribution in [0, 0.1) is 5.82 Å². The number of anilines is 2. The van der Waals surface area contributed by atoms with Gasteiger partial charge in [0, 0.05) is 10.7 Å². The minimum atomic E-state index is -0.907. The summed E-state index contributed by atoms with van der Waals surface area (Å²) in [4.78, 5) is 36.7. The number of carbonyl (C=O) groups is 2. The van der Waals surface area contributed by atoms with Crippen LogP contribution in [-0.2, 0) is 20.9 Å². The molecule has 1 saturated heterocycles. The van der Waals surface area contributed by atoms with Gasteiger partial charge >= 0.3 is 0 Å². The highest BCUT2D eigenvalue weighted by molar-refractivity contribution is 6.31. The van der Waals surface area contributed by atoms with Crippen molar-refractivity contribution in [3.05, 3.63) is 100 Å². The van der Waals surface area contributed by atoms with Crippen LogP contribution in [0.5, 0.6) is 0 Å². The lowest BCUT2D eigenvalue weighted by atomic mass is 10.0. The molecule has 2 amide bonds. The van der Waals surface area contributed by atoms with Gasteiger partial charge in [0.1, 0.15) is 11.9 Å². The number of nitrogens with two attached hydrogens (primary N) is 1. The fraction of sp³-hybridized carbons (Fsp3) is 0.154. The third-order valence-corrected chi connectivity index (χ3v) is 6.43. The zero-order chi connectivity index (χ0) is 28.2. The Morgan fingerprint density at radius 3 is 2.48 bits per heavy atom. The molecule has 1 unspecified atom stereocenters. The number of benzene rings is 3. The molecule has 11 nitrogen and oxygen atoms in total. The van der Waals surface area contributed by atoms with E-state index in [-0.39, 0.29) is 36.3 Å². The molecule has 4 aromatic rings. The molecule has 0 aliphatic carbocycles. The maximum absolute atomic E-state index is 14.3. The molecule has 0 bridgehead atoms. The van der Waals surface area contributed by atoms with Crippen molar-refractivity contribution in [2.24, 2.45) is 5.73 Å². The van der Waals surface area contributed by atoms with Gasteiger partial charge in [-0.15, -0.1) is 10.2 Å². The highest BCUT2D eigenvalue weighted by atomic mass is 35.5. The van der Waals surface area contributed by atoms with E-state index in [4.69, 9.17) is 38.6 Å². The minimum absolute atomic E-state index is 0.101. The number of hydrogen-bond donors (Lipinski definition) is 2. The highest BCUT2D eigenvalue weighted by Crippen LogP contribution is 2.30. The van der Waals surface area contributed by atoms with Gasteiger partial charge < -0.3 is 11.1 Å². The SMILES string of the molecule is NC(=O)c1ccc(NC(=O)C(Cc2ccccc2)N2CON(c3cc(Cl)ccc3-n3cc(Cl)nn3)CO2)cc1F. The molecule has 3 aromatic carbocycles. The van der Waals surface area contributed by atoms with Gasteiger partial charge in [0.25, 0.3) is 5.91 Å². The van der Waals surface area contributed by atoms with Crippen molar-refractivity contribution in [2.45, 2.75) is 12.5 Å². The molecule has 0 spiro atoms. The predicted molar refractivity (Wildman–Crippen MR) is 145 cm³/mol. The standard InChI is InChI=1S/C26H22Cl2FN7O4/c27-17-6-9-21(34-13-24(28)32-33-34)22(11-17)35-14-40-36(15-39-35)23(10-16-4-2-1-3-5-16)26(38)31-18-7-8-19(25(30)37)20(29)12-18/h1-9,11-13,23H,10,14-15H2,(H2,30,37)(H,31,38). The Balaban J connectivity index is 1.35. The summed E-state index contributed by atoms with van der Waals surface area (Å²) in [6.45, 7) is -0.236. The Kier molecular flexibility index (Phi) is 8.24. The first-order valence-corrected chi connectivity index (χ1v) is 12.7. The summed E-state index contributed by atoms with van der Waals surface area (Å²) < 4.78 is 15.8. The summed E-state index contributed by atoms with van der Waals surface area (Å²) in [6.07, 6.45) is 1.79. The van der Waals surface area contributed by atoms with Crippen LogP contribution < -0.4 is 16.1 Å². The lowest BCUT2D eigenvalue weighted by molar-refractivity contribution is -0.279. The van der Waals surface area contributed by atoms with Crippen LogP contribution in [0.3, 0.4) is 0 Å². The van der Waals surface area contributed by atoms with Crippen LogP contribution in [0.2, 0.25) is 10.2 Å². The van der Waals surface area contributed by atoms with Crippen LogP contribution >= 0.6 is 23.2 Å². The molecular formula is C26H22Cl2FN7O4. The monoisotopic (exact) mass is 585 g/mol. The highest BCUT2D eigenvalue weighted by Gasteiger charge is 2.33. The van der Waals surface area contributed by atoms with Gasteiger partial charge in [0.05, 0.1) is 23.1 Å². The first-order chi connectivity index (χ1) is 19.3. The molecule has 14 heteroatoms. The van der Waals surface area contributed by atoms with E-state index in [0.29, 0.717) is 16.4 Å². The number of nitrogens with zero attached hydrogens (tertiary/aromatic N) is 5. The van der Waals surface area contributed by atoms with Crippen LogP contribution in [-0.4, -0.2) is 51.4 Å². The third kappa shape index (κ3) is 6.22. The topological polar surface area (TPSA) is 128 Å². The van der Waals surface area contributed by atoms with Gasteiger partial charge in [-0.25, -0.2) is 14.1 Å². The lowest BCUT2D eigenvalue weighted by Gasteiger charge is -2.38. The van der Waals surface area contributed by atoms with Crippen molar-refractivity contribution in [1.82, 2.24) is 20.1 Å². The van der Waals surface area contributed by atoms with E-state index in [9.17, 15) is 14.0 Å². The van der Waals surface area contributed by atoms with Gasteiger partial charge in [-0.3, -0.25) is 19.3 Å². The lowest BCUT2D eigenvalue weighted by Crippen LogP contribution is -2.52. The van der Waals surface area contributed by atoms with Gasteiger partial charge in [0.2, 0.25) is 5.91 Å². The van der Waals surface area contributed by atoms with Crippen LogP contribution in [0.4, 0.5) is 15.8 Å². The van der Waals surface area contributed by atoms with Crippen LogP contribution in [0.15, 0.2) is 72.9 Å². The minimum Gasteiger partial charge on any atom is -0.366 e. The Labute approximate surface area is 237 Å². The van der Waals surface area contributed by atoms with Crippen molar-refractivity contribution in [2.75, 3.05) is 23.8 Å². The molecule has 0 saturated carbocycles. The average molecular weight is 586 g/mol. The van der Waals surface area contributed by atoms with Crippen molar-refractivity contribution in [1.29, 1.82) is 0 Å². The Morgan fingerprint density at radius 1 is 1.02 bits per heavy atom. The molecule has 1 atom stereocenters. The van der Waals surface area contributed by atoms with Crippen LogP contribution in [0.1, 0.15) is 15.9 Å². The van der Waals surface area contributed by atoms with Crippen molar-refractivity contribution < 1.29 is 23.7 Å². The first-order valence-electron chi connectivity index (χ1n) is 11.9. The van der Waals surface area contributed by atoms with Crippen LogP contribution in [0.25, 0.3) is 5.69 Å². The molecule has 1 aromatic heterocycles. The molecule has 1 aliphatic rings. The quantitative estimate of drug-likeness (QED) is 0.318. The van der Waals surface area contributed by atoms with E-state index in [1.807, 2.05) is 30.3 Å². The number of aromatic nitrogens is 3. The number of hydrogen-bond acceptors (Lipinski definition) is 8. The van der Waals surface area contributed by atoms with E-state index in [2.05, 4.69) is 15.6 Å². The summed E-state index contributed by atoms with van der Waals surface area (Å²) in [5.41, 5.74) is 7.03. The maximum atomic E-state index is 14.3. The second-order valence-corrected chi connectivity index (χ2v) is 9.51. The number of amides is 2. The average Bonchev–Trinajstić information content (AvgIpc) is 3.38. The molecule has 206 valence electrons. The van der Waals surface area contributed by atoms with E-state index in [1.165, 1.54) is 33.1 Å². The second-order valence-electron chi connectivity index (χ2n) is 8.68. The number of primary amides is 1. The molecule has 2 heterocycles. The summed E-state index contributed by atoms with van der Waals surface area (Å²) in [5.74, 6) is -2.23. The van der Waals surface area contributed by atoms with Crippen molar-refractivity contribution in [3.8, 4) is 5.69 Å². The van der Waals surface area contributed by atoms with E-state index in [0.717, 1.165) is 11.6 Å². The molecule has 0 radical (unpaired) electrons. The zero-order valence-corrected chi connectivity index (χ0v) is 22.2. The van der Waals surface area contributed by atoms with Crippen molar-refractivity contribution >= 4 is 46.4 Å². The summed E-state index contributed by atoms with van der Waals surface area (Å²) in [5, 5.41) is 14.0. The van der Waals surface area contributed by atoms with Gasteiger partial charge in [-0.2, -0.15) is 0 Å². The fourth-order valence-electron chi connectivity index (χ4n) is 4.08. The van der Waals surface area contributed by atoms with Gasteiger partial charge in [-0.05, 0) is 48.4 Å². The number of rotatable bonds is 8. The molecule has 1 fully saturated rings. The fourth-order valence-corrected chi connectivity index (χ4v) is 4.37. The maximum Gasteiger partial charge on any atom is 0.251 e. The number of halogens is 3. The predicted octanol–water partition coefficient (Wildman–Crippen LogP) is 3.96. The molecule has 40 heavy (non-hydrogen) atoms. The summed E-state index contributed by atoms with van der Waals surface area (Å²) in [6, 6.07) is 17.2. The molecule has 5 rings (SSSR count). The number of hydroxylamine groups is 3. The van der Waals surface area contributed by atoms with E-state index >= 15 is 0 Å². The Hall–Kier alpha value is -4.07. The Morgan fingerprint density at radius 2 is 1.82 bits per heavy atom. The smallest absolute Gasteiger partial charge is 0.251 e. The molecule has 3 N–H and O–H groups in total. The second kappa shape index (κ2) is 12.0. The summed E-state index contributed by atoms with van der Waals surface area (Å²) >= 11 is 12.2. The summed E-state index contributed by atoms with van der Waals surface area (Å²) in [7, 11) is 0. The zero-order valence-electron chi connectivity index (χ0n) is 20.7. The first kappa shape index (κ1) is 27.5. The van der Waals surface area contributed by atoms with Crippen molar-refractivity contribution in [3.63, 3.8) is 0 Å². The number of carbonyl (C=O) groups excluding carboxylic acids is 2. The molecule has 1 aliphatic heterocycles. The normalized spacial score (nSPS) is 14.6. The number of nitrogens with one attached hydrogen (secondary N) is 1.